The molecule has 23 heavy (non-hydrogen) atoms. The van der Waals surface area contributed by atoms with Gasteiger partial charge >= 0.3 is 0 Å². The lowest BCUT2D eigenvalue weighted by molar-refractivity contribution is 0.0941. The number of amides is 1. The van der Waals surface area contributed by atoms with Gasteiger partial charge in [0.15, 0.2) is 0 Å². The van der Waals surface area contributed by atoms with E-state index >= 15 is 0 Å². The zero-order valence-electron chi connectivity index (χ0n) is 12.3. The minimum atomic E-state index is -0.380. The highest BCUT2D eigenvalue weighted by atomic mass is 35.5. The van der Waals surface area contributed by atoms with Crippen LogP contribution in [0.2, 0.25) is 5.02 Å². The Morgan fingerprint density at radius 2 is 1.96 bits per heavy atom. The molecule has 0 saturated carbocycles. The van der Waals surface area contributed by atoms with Crippen LogP contribution >= 0.6 is 11.6 Å². The number of nitrogens with one attached hydrogen (secondary N) is 1. The average Bonchev–Trinajstić information content (AvgIpc) is 3.00. The summed E-state index contributed by atoms with van der Waals surface area (Å²) in [4.78, 5) is 12.4. The Morgan fingerprint density at radius 1 is 1.17 bits per heavy atom. The Bertz CT molecular complexity index is 801. The van der Waals surface area contributed by atoms with Gasteiger partial charge in [-0.1, -0.05) is 23.7 Å². The molecule has 1 N–H and O–H groups in total. The molecule has 1 amide bonds. The molecule has 1 atom stereocenters. The third kappa shape index (κ3) is 3.54. The molecule has 0 saturated heterocycles. The second kappa shape index (κ2) is 6.58. The molecule has 7 heteroatoms. The maximum atomic E-state index is 12.4. The predicted octanol–water partition coefficient (Wildman–Crippen LogP) is 2.38. The highest BCUT2D eigenvalue weighted by Crippen LogP contribution is 2.22. The molecule has 0 aliphatic carbocycles. The second-order valence-corrected chi connectivity index (χ2v) is 5.44. The molecule has 3 aromatic rings. The van der Waals surface area contributed by atoms with Gasteiger partial charge in [-0.2, -0.15) is 15.3 Å². The minimum Gasteiger partial charge on any atom is -0.339 e. The van der Waals surface area contributed by atoms with Gasteiger partial charge in [0.25, 0.3) is 5.91 Å². The fourth-order valence-corrected chi connectivity index (χ4v) is 2.34. The minimum absolute atomic E-state index is 0.245. The molecule has 6 nitrogen and oxygen atoms in total. The number of nitrogens with zero attached hydrogens (tertiary/aromatic N) is 4. The Balaban J connectivity index is 1.92. The summed E-state index contributed by atoms with van der Waals surface area (Å²) in [6.45, 7) is 0. The summed E-state index contributed by atoms with van der Waals surface area (Å²) in [6.07, 6.45) is 4.73. The van der Waals surface area contributed by atoms with E-state index in [4.69, 9.17) is 11.6 Å². The standard InChI is InChI=1S/C16H14ClN5O/c1-22-9-7-14(21-22)15(11-2-4-13(17)5-3-11)20-16(23)12-6-8-18-19-10-12/h2-10,15H,1H3,(H,20,23). The van der Waals surface area contributed by atoms with Crippen molar-refractivity contribution in [1.82, 2.24) is 25.3 Å². The van der Waals surface area contributed by atoms with Gasteiger partial charge in [0.1, 0.15) is 0 Å². The molecule has 0 aliphatic rings. The smallest absolute Gasteiger partial charge is 0.253 e. The molecule has 0 radical (unpaired) electrons. The Hall–Kier alpha value is -2.73. The summed E-state index contributed by atoms with van der Waals surface area (Å²) in [5, 5.41) is 15.4. The Morgan fingerprint density at radius 3 is 2.57 bits per heavy atom. The monoisotopic (exact) mass is 327 g/mol. The first-order chi connectivity index (χ1) is 11.1. The highest BCUT2D eigenvalue weighted by Gasteiger charge is 2.20. The summed E-state index contributed by atoms with van der Waals surface area (Å²) in [7, 11) is 1.83. The van der Waals surface area contributed by atoms with Crippen LogP contribution < -0.4 is 5.32 Å². The van der Waals surface area contributed by atoms with Gasteiger partial charge in [-0.05, 0) is 29.8 Å². The zero-order chi connectivity index (χ0) is 16.2. The van der Waals surface area contributed by atoms with Gasteiger partial charge < -0.3 is 5.32 Å². The lowest BCUT2D eigenvalue weighted by Gasteiger charge is -2.17. The quantitative estimate of drug-likeness (QED) is 0.798. The number of benzene rings is 1. The van der Waals surface area contributed by atoms with E-state index in [0.29, 0.717) is 10.6 Å². The number of carbonyl (C=O) groups excluding carboxylic acids is 1. The second-order valence-electron chi connectivity index (χ2n) is 5.00. The Kier molecular flexibility index (Phi) is 4.34. The number of hydrogen-bond acceptors (Lipinski definition) is 4. The van der Waals surface area contributed by atoms with Crippen molar-refractivity contribution in [2.75, 3.05) is 0 Å². The van der Waals surface area contributed by atoms with E-state index in [0.717, 1.165) is 11.3 Å². The van der Waals surface area contributed by atoms with Crippen molar-refractivity contribution in [2.45, 2.75) is 6.04 Å². The van der Waals surface area contributed by atoms with E-state index in [1.807, 2.05) is 31.4 Å². The lowest BCUT2D eigenvalue weighted by Crippen LogP contribution is -2.29. The summed E-state index contributed by atoms with van der Waals surface area (Å²) in [6, 6.07) is 10.4. The maximum absolute atomic E-state index is 12.4. The third-order valence-corrected chi connectivity index (χ3v) is 3.61. The van der Waals surface area contributed by atoms with Crippen molar-refractivity contribution in [1.29, 1.82) is 0 Å². The van der Waals surface area contributed by atoms with Crippen LogP contribution in [0.4, 0.5) is 0 Å². The molecule has 2 aromatic heterocycles. The number of aromatic nitrogens is 4. The molecule has 2 heterocycles. The van der Waals surface area contributed by atoms with E-state index in [1.54, 1.807) is 22.9 Å². The molecule has 3 rings (SSSR count). The topological polar surface area (TPSA) is 72.7 Å². The third-order valence-electron chi connectivity index (χ3n) is 3.36. The largest absolute Gasteiger partial charge is 0.339 e. The van der Waals surface area contributed by atoms with Crippen LogP contribution in [0, 0.1) is 0 Å². The molecular formula is C16H14ClN5O. The van der Waals surface area contributed by atoms with E-state index in [2.05, 4.69) is 20.6 Å². The van der Waals surface area contributed by atoms with Gasteiger partial charge in [0, 0.05) is 18.3 Å². The first kappa shape index (κ1) is 15.2. The van der Waals surface area contributed by atoms with Crippen LogP contribution in [0.3, 0.4) is 0 Å². The summed E-state index contributed by atoms with van der Waals surface area (Å²) in [5.74, 6) is -0.245. The summed E-state index contributed by atoms with van der Waals surface area (Å²) in [5.41, 5.74) is 2.07. The first-order valence-electron chi connectivity index (χ1n) is 6.96. The SMILES string of the molecule is Cn1ccc(C(NC(=O)c2ccnnc2)c2ccc(Cl)cc2)n1. The van der Waals surface area contributed by atoms with Crippen molar-refractivity contribution in [3.63, 3.8) is 0 Å². The van der Waals surface area contributed by atoms with Crippen molar-refractivity contribution in [2.24, 2.45) is 7.05 Å². The molecule has 0 spiro atoms. The van der Waals surface area contributed by atoms with Crippen LogP contribution in [0.1, 0.15) is 27.7 Å². The van der Waals surface area contributed by atoms with Crippen molar-refractivity contribution in [3.8, 4) is 0 Å². The van der Waals surface area contributed by atoms with Crippen molar-refractivity contribution in [3.05, 3.63) is 76.8 Å². The molecule has 1 aromatic carbocycles. The number of halogens is 1. The van der Waals surface area contributed by atoms with Gasteiger partial charge in [-0.3, -0.25) is 9.48 Å². The first-order valence-corrected chi connectivity index (χ1v) is 7.34. The van der Waals surface area contributed by atoms with Crippen LogP contribution in [0.15, 0.2) is 55.0 Å². The highest BCUT2D eigenvalue weighted by molar-refractivity contribution is 6.30. The number of rotatable bonds is 4. The maximum Gasteiger partial charge on any atom is 0.253 e. The van der Waals surface area contributed by atoms with Crippen molar-refractivity contribution < 1.29 is 4.79 Å². The van der Waals surface area contributed by atoms with E-state index < -0.39 is 0 Å². The number of carbonyl (C=O) groups is 1. The van der Waals surface area contributed by atoms with Gasteiger partial charge in [-0.15, -0.1) is 0 Å². The Labute approximate surface area is 138 Å². The van der Waals surface area contributed by atoms with Crippen LogP contribution in [0.5, 0.6) is 0 Å². The molecule has 0 bridgehead atoms. The molecule has 1 unspecified atom stereocenters. The number of aryl methyl sites for hydroxylation is 1. The molecule has 0 fully saturated rings. The number of hydrogen-bond donors (Lipinski definition) is 1. The van der Waals surface area contributed by atoms with Gasteiger partial charge in [-0.25, -0.2) is 0 Å². The van der Waals surface area contributed by atoms with Crippen LogP contribution in [-0.4, -0.2) is 25.9 Å². The summed E-state index contributed by atoms with van der Waals surface area (Å²) >= 11 is 5.95. The van der Waals surface area contributed by atoms with Gasteiger partial charge in [0.2, 0.25) is 0 Å². The normalized spacial score (nSPS) is 11.9. The van der Waals surface area contributed by atoms with Crippen LogP contribution in [-0.2, 0) is 7.05 Å². The van der Waals surface area contributed by atoms with E-state index in [1.165, 1.54) is 12.4 Å². The van der Waals surface area contributed by atoms with E-state index in [-0.39, 0.29) is 11.9 Å². The van der Waals surface area contributed by atoms with E-state index in [9.17, 15) is 4.79 Å². The van der Waals surface area contributed by atoms with Gasteiger partial charge in [0.05, 0.1) is 29.7 Å². The predicted molar refractivity (Wildman–Crippen MR) is 86.0 cm³/mol. The molecule has 116 valence electrons. The van der Waals surface area contributed by atoms with Crippen LogP contribution in [0.25, 0.3) is 0 Å². The molecule has 0 aliphatic heterocycles. The molecular weight excluding hydrogens is 314 g/mol. The van der Waals surface area contributed by atoms with Crippen molar-refractivity contribution >= 4 is 17.5 Å². The fraction of sp³-hybridized carbons (Fsp3) is 0.125. The summed E-state index contributed by atoms with van der Waals surface area (Å²) < 4.78 is 1.69. The zero-order valence-corrected chi connectivity index (χ0v) is 13.1. The lowest BCUT2D eigenvalue weighted by atomic mass is 10.0. The fourth-order valence-electron chi connectivity index (χ4n) is 2.21. The average molecular weight is 328 g/mol.